The Balaban J connectivity index is 0.000000133. The quantitative estimate of drug-likeness (QED) is 0.0212. The van der Waals surface area contributed by atoms with Gasteiger partial charge in [0.15, 0.2) is 0 Å². The number of aryl methyl sites for hydroxylation is 4. The Labute approximate surface area is 627 Å². The summed E-state index contributed by atoms with van der Waals surface area (Å²) in [6, 6.07) is 28.7. The first-order valence-corrected chi connectivity index (χ1v) is 37.8. The van der Waals surface area contributed by atoms with Crippen LogP contribution in [-0.4, -0.2) is 132 Å². The highest BCUT2D eigenvalue weighted by molar-refractivity contribution is 5.76. The highest BCUT2D eigenvalue weighted by Gasteiger charge is 2.32. The number of unbranched alkanes of at least 4 members (excludes halogenated alkanes) is 4. The smallest absolute Gasteiger partial charge is 0.121 e. The van der Waals surface area contributed by atoms with Crippen LogP contribution in [0.4, 0.5) is 0 Å². The van der Waals surface area contributed by atoms with Crippen LogP contribution in [0.25, 0.3) is 44.1 Å². The Morgan fingerprint density at radius 1 is 0.327 bits per heavy atom. The zero-order valence-electron chi connectivity index (χ0n) is 70.0. The number of aromatic nitrogens is 12. The average molecular weight is 1410 g/mol. The van der Waals surface area contributed by atoms with E-state index in [-0.39, 0.29) is 72.5 Å². The van der Waals surface area contributed by atoms with Gasteiger partial charge in [0, 0.05) is 24.8 Å². The number of aromatic amines is 4. The van der Waals surface area contributed by atoms with E-state index in [9.17, 15) is 0 Å². The van der Waals surface area contributed by atoms with E-state index in [0.29, 0.717) is 84.8 Å². The molecule has 0 fully saturated rings. The van der Waals surface area contributed by atoms with E-state index in [1.807, 2.05) is 67.3 Å². The van der Waals surface area contributed by atoms with Crippen molar-refractivity contribution in [1.82, 2.24) is 79.4 Å². The van der Waals surface area contributed by atoms with Crippen molar-refractivity contribution in [3.8, 4) is 0 Å². The Kier molecular flexibility index (Phi) is 22.2. The van der Waals surface area contributed by atoms with Crippen molar-refractivity contribution in [2.24, 2.45) is 22.9 Å². The number of nitrogens with zero attached hydrogens (tertiary/aromatic N) is 12. The van der Waals surface area contributed by atoms with Crippen LogP contribution < -0.4 is 22.9 Å². The number of para-hydroxylation sites is 8. The van der Waals surface area contributed by atoms with Crippen molar-refractivity contribution in [1.29, 1.82) is 0 Å². The molecule has 12 aromatic rings. The number of nitrogens with two attached hydrogens (primary N) is 4. The fourth-order valence-corrected chi connectivity index (χ4v) is 15.5. The molecule has 4 aliphatic rings. The molecule has 4 aliphatic carbocycles. The maximum absolute atomic E-state index is 8.15. The summed E-state index contributed by atoms with van der Waals surface area (Å²) in [5.74, 6) is 3.16. The van der Waals surface area contributed by atoms with Crippen molar-refractivity contribution >= 4 is 44.1 Å². The largest absolute Gasteiger partial charge is 0.341 e. The van der Waals surface area contributed by atoms with Gasteiger partial charge in [-0.15, -0.1) is 0 Å². The van der Waals surface area contributed by atoms with Gasteiger partial charge in [0.05, 0.1) is 131 Å². The van der Waals surface area contributed by atoms with E-state index in [0.717, 1.165) is 207 Å². The minimum absolute atomic E-state index is 0.00867. The maximum Gasteiger partial charge on any atom is 0.121 e. The van der Waals surface area contributed by atoms with Gasteiger partial charge in [0.25, 0.3) is 0 Å². The van der Waals surface area contributed by atoms with Gasteiger partial charge < -0.3 is 42.9 Å². The molecular weight excluding hydrogens is 1290 g/mol. The third-order valence-electron chi connectivity index (χ3n) is 20.5. The van der Waals surface area contributed by atoms with Crippen LogP contribution in [-0.2, 0) is 51.9 Å². The molecule has 20 nitrogen and oxygen atoms in total. The monoisotopic (exact) mass is 1410 g/mol. The molecule has 20 heteroatoms. The summed E-state index contributed by atoms with van der Waals surface area (Å²) in [4.78, 5) is 60.2. The number of H-pyrrole nitrogens is 4. The van der Waals surface area contributed by atoms with E-state index >= 15 is 0 Å². The van der Waals surface area contributed by atoms with Crippen molar-refractivity contribution < 1.29 is 13.7 Å². The van der Waals surface area contributed by atoms with Crippen molar-refractivity contribution in [2.75, 3.05) is 52.4 Å². The topological polar surface area (TPSA) is 283 Å². The van der Waals surface area contributed by atoms with E-state index in [2.05, 4.69) is 83.7 Å². The molecule has 0 radical (unpaired) electrons. The summed E-state index contributed by atoms with van der Waals surface area (Å²) in [6.07, 6.45) is 28.7. The molecule has 104 heavy (non-hydrogen) atoms. The van der Waals surface area contributed by atoms with Crippen LogP contribution in [0.15, 0.2) is 170 Å². The number of hydrogen-bond acceptors (Lipinski definition) is 16. The van der Waals surface area contributed by atoms with Crippen molar-refractivity contribution in [3.63, 3.8) is 0 Å². The summed E-state index contributed by atoms with van der Waals surface area (Å²) in [6.45, 7) is 8.97. The summed E-state index contributed by atoms with van der Waals surface area (Å²) < 4.78 is 79.9. The van der Waals surface area contributed by atoms with Gasteiger partial charge in [-0.2, -0.15) is 0 Å². The van der Waals surface area contributed by atoms with E-state index in [1.165, 1.54) is 40.1 Å². The second kappa shape index (κ2) is 37.7. The normalized spacial score (nSPS) is 18.3. The molecule has 0 saturated carbocycles. The molecule has 8 heterocycles. The van der Waals surface area contributed by atoms with Crippen LogP contribution in [0.3, 0.4) is 0 Å². The number of hydrogen-bond donors (Lipinski definition) is 8. The van der Waals surface area contributed by atoms with Gasteiger partial charge >= 0.3 is 0 Å². The Hall–Kier alpha value is -8.96. The molecule has 0 bridgehead atoms. The zero-order valence-corrected chi connectivity index (χ0v) is 60.0. The average Bonchev–Trinajstić information content (AvgIpc) is 1.62. The van der Waals surface area contributed by atoms with Gasteiger partial charge in [0.2, 0.25) is 0 Å². The lowest BCUT2D eigenvalue weighted by atomic mass is 9.90. The van der Waals surface area contributed by atoms with Gasteiger partial charge in [-0.3, -0.25) is 39.5 Å². The second-order valence-corrected chi connectivity index (χ2v) is 27.7. The number of fused-ring (bicyclic) bond motifs is 8. The van der Waals surface area contributed by atoms with Crippen LogP contribution in [0.5, 0.6) is 0 Å². The highest BCUT2D eigenvalue weighted by atomic mass is 15.2. The van der Waals surface area contributed by atoms with Crippen LogP contribution in [0.2, 0.25) is 0 Å². The Morgan fingerprint density at radius 2 is 0.644 bits per heavy atom. The van der Waals surface area contributed by atoms with Crippen molar-refractivity contribution in [3.05, 3.63) is 238 Å². The molecule has 16 rings (SSSR count). The Bertz CT molecular complexity index is 5140. The molecule has 4 atom stereocenters. The zero-order chi connectivity index (χ0) is 79.8. The van der Waals surface area contributed by atoms with E-state index in [4.69, 9.17) is 56.6 Å². The number of benzene rings is 4. The van der Waals surface area contributed by atoms with Crippen LogP contribution in [0.1, 0.15) is 209 Å². The molecule has 12 N–H and O–H groups in total. The third kappa shape index (κ3) is 19.1. The summed E-state index contributed by atoms with van der Waals surface area (Å²) >= 11 is 0. The molecular formula is C84H108N20. The highest BCUT2D eigenvalue weighted by Crippen LogP contribution is 2.38. The van der Waals surface area contributed by atoms with Gasteiger partial charge in [0.1, 0.15) is 23.3 Å². The molecule has 4 aromatic carbocycles. The molecule has 0 aliphatic heterocycles. The summed E-state index contributed by atoms with van der Waals surface area (Å²) in [7, 11) is 0. The summed E-state index contributed by atoms with van der Waals surface area (Å²) in [5.41, 5.74) is 37.7. The molecule has 0 amide bonds. The van der Waals surface area contributed by atoms with Gasteiger partial charge in [-0.25, -0.2) is 19.9 Å². The van der Waals surface area contributed by atoms with Gasteiger partial charge in [-0.05, 0) is 276 Å². The molecule has 544 valence electrons. The lowest BCUT2D eigenvalue weighted by Crippen LogP contribution is -2.33. The predicted molar refractivity (Wildman–Crippen MR) is 419 cm³/mol. The first-order chi connectivity index (χ1) is 55.5. The maximum atomic E-state index is 8.15. The first kappa shape index (κ1) is 61.4. The summed E-state index contributed by atoms with van der Waals surface area (Å²) in [5, 5.41) is 0. The Morgan fingerprint density at radius 3 is 1.02 bits per heavy atom. The predicted octanol–water partition coefficient (Wildman–Crippen LogP) is 14.3. The lowest BCUT2D eigenvalue weighted by Gasteiger charge is -2.34. The SMILES string of the molecule is [2H]c1c([2H])c([2H])c2[nH]c(CN(CCCCN)[C@H]3CCCc4cccnc43)nc2c1[2H].[2H]c1cc2[nH]c(CN(CCCCN)[C@H]3CCCc4cccnc43)nc2c([2H])c1[2H].[2H]c1ccc2[nH]c(CN(CCCCN)[C@H]3CCCc4cccnc43)nc2c1[2H].[2H]c1cccc2[nH]c(CN(CCCCN)[C@H]3CCCc4cccnc43)nc12. The molecule has 8 aromatic heterocycles. The molecule has 0 spiro atoms. The fraction of sp³-hybridized carbons (Fsp3) is 0.429. The van der Waals surface area contributed by atoms with Crippen LogP contribution >= 0.6 is 0 Å². The van der Waals surface area contributed by atoms with Crippen molar-refractivity contribution in [2.45, 2.75) is 179 Å². The van der Waals surface area contributed by atoms with Crippen LogP contribution in [0, 0.1) is 0 Å². The fourth-order valence-electron chi connectivity index (χ4n) is 15.5. The minimum atomic E-state index is -0.254. The molecule has 0 saturated heterocycles. The number of pyridine rings is 4. The lowest BCUT2D eigenvalue weighted by molar-refractivity contribution is 0.159. The van der Waals surface area contributed by atoms with E-state index in [1.54, 1.807) is 18.2 Å². The minimum Gasteiger partial charge on any atom is -0.341 e. The third-order valence-corrected chi connectivity index (χ3v) is 20.5. The number of nitrogens with one attached hydrogen (secondary N) is 4. The first-order valence-electron chi connectivity index (χ1n) is 42.8. The second-order valence-electron chi connectivity index (χ2n) is 27.7. The number of imidazole rings is 4. The van der Waals surface area contributed by atoms with E-state index < -0.39 is 0 Å². The molecule has 0 unspecified atom stereocenters. The van der Waals surface area contributed by atoms with Gasteiger partial charge in [-0.1, -0.05) is 72.7 Å². The standard InChI is InChI=1S/4C21H27N5/c4*22-12-3-4-14-26(15-20-24-17-9-1-2-10-18(17)25-20)19-11-5-7-16-8-6-13-23-21(16)19/h4*1-2,6,8-10,13,19H,3-5,7,11-12,14-15,22H2,(H,24,25)/t4*19-/m0000/s1/i1D,2D,9D,10D;1D,2D,9D;1D,9D;9D. The number of rotatable bonds is 28.